The van der Waals surface area contributed by atoms with E-state index in [1.165, 1.54) is 23.0 Å². The van der Waals surface area contributed by atoms with Gasteiger partial charge in [-0.05, 0) is 56.1 Å². The Kier molecular flexibility index (Phi) is 7.87. The number of imidazole rings is 1. The Morgan fingerprint density at radius 1 is 1.12 bits per heavy atom. The lowest BCUT2D eigenvalue weighted by molar-refractivity contribution is 0.0921. The van der Waals surface area contributed by atoms with Gasteiger partial charge in [0.15, 0.2) is 5.82 Å². The Hall–Kier alpha value is -2.48. The molecule has 0 fully saturated rings. The number of methoxy groups -OCH3 is 1. The van der Waals surface area contributed by atoms with Crippen LogP contribution in [0.15, 0.2) is 50.2 Å². The van der Waals surface area contributed by atoms with Gasteiger partial charge in [0.1, 0.15) is 4.60 Å². The van der Waals surface area contributed by atoms with E-state index in [-0.39, 0.29) is 17.1 Å². The molecule has 166 valence electrons. The highest BCUT2D eigenvalue weighted by atomic mass is 79.9. The van der Waals surface area contributed by atoms with Crippen LogP contribution in [-0.4, -0.2) is 39.6 Å². The molecule has 3 rings (SSSR count). The highest BCUT2D eigenvalue weighted by Gasteiger charge is 2.23. The zero-order chi connectivity index (χ0) is 23.4. The van der Waals surface area contributed by atoms with Crippen LogP contribution < -0.4 is 16.2 Å². The minimum absolute atomic E-state index is 0.0358. The first-order valence-corrected chi connectivity index (χ1v) is 11.3. The molecule has 2 aromatic heterocycles. The van der Waals surface area contributed by atoms with Crippen molar-refractivity contribution in [1.82, 2.24) is 25.4 Å². The van der Waals surface area contributed by atoms with Crippen molar-refractivity contribution in [1.29, 1.82) is 0 Å². The number of aromatic nitrogens is 3. The molecule has 1 aromatic carbocycles. The van der Waals surface area contributed by atoms with Gasteiger partial charge in [-0.1, -0.05) is 27.5 Å². The number of benzene rings is 1. The van der Waals surface area contributed by atoms with Crippen LogP contribution in [0.1, 0.15) is 21.0 Å². The second-order valence-electron chi connectivity index (χ2n) is 5.90. The minimum Gasteiger partial charge on any atom is -0.452 e. The van der Waals surface area contributed by atoms with Gasteiger partial charge in [-0.3, -0.25) is 19.6 Å². The summed E-state index contributed by atoms with van der Waals surface area (Å²) < 4.78 is 7.15. The molecule has 14 heteroatoms. The summed E-state index contributed by atoms with van der Waals surface area (Å²) in [7, 11) is 1.15. The van der Waals surface area contributed by atoms with E-state index >= 15 is 0 Å². The number of hydrazine groups is 1. The van der Waals surface area contributed by atoms with Crippen molar-refractivity contribution in [3.63, 3.8) is 0 Å². The molecule has 10 nitrogen and oxygen atoms in total. The molecule has 2 heterocycles. The predicted octanol–water partition coefficient (Wildman–Crippen LogP) is 4.46. The van der Waals surface area contributed by atoms with E-state index in [0.717, 1.165) is 7.11 Å². The highest BCUT2D eigenvalue weighted by Crippen LogP contribution is 2.31. The number of ether oxygens (including phenoxy) is 1. The van der Waals surface area contributed by atoms with E-state index < -0.39 is 17.9 Å². The molecule has 0 saturated heterocycles. The number of carbonyl (C=O) groups is 3. The van der Waals surface area contributed by atoms with Gasteiger partial charge in [0, 0.05) is 21.3 Å². The van der Waals surface area contributed by atoms with Gasteiger partial charge >= 0.3 is 6.09 Å². The molecule has 0 aliphatic carbocycles. The summed E-state index contributed by atoms with van der Waals surface area (Å²) in [6, 6.07) is 6.39. The number of nitrogens with one attached hydrogen (secondary N) is 3. The molecule has 0 atom stereocenters. The van der Waals surface area contributed by atoms with Crippen LogP contribution in [0.4, 0.5) is 10.5 Å². The summed E-state index contributed by atoms with van der Waals surface area (Å²) >= 11 is 16.1. The predicted molar refractivity (Wildman–Crippen MR) is 127 cm³/mol. The molecule has 0 radical (unpaired) electrons. The second kappa shape index (κ2) is 10.4. The first-order chi connectivity index (χ1) is 15.2. The smallest absolute Gasteiger partial charge is 0.425 e. The largest absolute Gasteiger partial charge is 0.452 e. The fourth-order valence-electron chi connectivity index (χ4n) is 2.50. The lowest BCUT2D eigenvalue weighted by Gasteiger charge is -2.15. The van der Waals surface area contributed by atoms with Crippen LogP contribution in [-0.2, 0) is 4.74 Å². The van der Waals surface area contributed by atoms with Crippen molar-refractivity contribution in [3.05, 3.63) is 66.6 Å². The van der Waals surface area contributed by atoms with Gasteiger partial charge in [0.2, 0.25) is 5.82 Å². The molecule has 0 spiro atoms. The molecule has 3 N–H and O–H groups in total. The number of carbonyl (C=O) groups excluding carboxylic acids is 3. The molecular weight excluding hydrogens is 639 g/mol. The van der Waals surface area contributed by atoms with Crippen molar-refractivity contribution in [2.75, 3.05) is 12.4 Å². The molecule has 0 aliphatic rings. The molecule has 0 saturated carbocycles. The maximum Gasteiger partial charge on any atom is 0.425 e. The van der Waals surface area contributed by atoms with E-state index in [2.05, 4.69) is 78.7 Å². The van der Waals surface area contributed by atoms with E-state index in [9.17, 15) is 14.4 Å². The number of amides is 3. The number of halogens is 4. The summed E-state index contributed by atoms with van der Waals surface area (Å²) in [5, 5.41) is 2.97. The third-order valence-electron chi connectivity index (χ3n) is 3.85. The summed E-state index contributed by atoms with van der Waals surface area (Å²) in [6.07, 6.45) is 2.20. The van der Waals surface area contributed by atoms with Crippen LogP contribution in [0.3, 0.4) is 0 Å². The number of hydrogen-bond acceptors (Lipinski definition) is 6. The standard InChI is InChI=1S/C18H12Br3ClN6O4/c1-32-18(31)27-26-16(29)9-5-8(19)6-10(20)13(9)25-17(30)15-24-12(21)7-28(15)14-11(22)3-2-4-23-14/h2-7H,1H3,(H,25,30)(H,26,29)(H,27,31). The summed E-state index contributed by atoms with van der Waals surface area (Å²) in [6.45, 7) is 0. The normalized spacial score (nSPS) is 10.4. The van der Waals surface area contributed by atoms with Gasteiger partial charge in [-0.15, -0.1) is 0 Å². The Bertz CT molecular complexity index is 1220. The third kappa shape index (κ3) is 5.46. The summed E-state index contributed by atoms with van der Waals surface area (Å²) in [5.41, 5.74) is 4.45. The number of rotatable bonds is 4. The molecule has 0 unspecified atom stereocenters. The number of pyridine rings is 1. The molecular formula is C18H12Br3ClN6O4. The van der Waals surface area contributed by atoms with Crippen LogP contribution in [0.25, 0.3) is 5.82 Å². The fraction of sp³-hybridized carbons (Fsp3) is 0.0556. The van der Waals surface area contributed by atoms with E-state index in [1.54, 1.807) is 18.2 Å². The lowest BCUT2D eigenvalue weighted by atomic mass is 10.1. The average molecular weight is 651 g/mol. The van der Waals surface area contributed by atoms with E-state index in [0.29, 0.717) is 24.4 Å². The quantitative estimate of drug-likeness (QED) is 0.358. The maximum absolute atomic E-state index is 13.1. The number of anilines is 1. The molecule has 32 heavy (non-hydrogen) atoms. The Morgan fingerprint density at radius 2 is 1.88 bits per heavy atom. The van der Waals surface area contributed by atoms with Crippen molar-refractivity contribution >= 4 is 83.0 Å². The van der Waals surface area contributed by atoms with Crippen molar-refractivity contribution in [2.24, 2.45) is 0 Å². The Labute approximate surface area is 211 Å². The topological polar surface area (TPSA) is 127 Å². The first-order valence-electron chi connectivity index (χ1n) is 8.51. The third-order valence-corrected chi connectivity index (χ3v) is 5.61. The molecule has 3 aromatic rings. The van der Waals surface area contributed by atoms with Crippen molar-refractivity contribution in [3.8, 4) is 5.82 Å². The first kappa shape index (κ1) is 24.2. The summed E-state index contributed by atoms with van der Waals surface area (Å²) in [4.78, 5) is 45.4. The Morgan fingerprint density at radius 3 is 2.56 bits per heavy atom. The van der Waals surface area contributed by atoms with Gasteiger partial charge in [0.05, 0.1) is 23.4 Å². The zero-order valence-electron chi connectivity index (χ0n) is 16.0. The highest BCUT2D eigenvalue weighted by molar-refractivity contribution is 9.11. The Balaban J connectivity index is 1.96. The summed E-state index contributed by atoms with van der Waals surface area (Å²) in [5.74, 6) is -1.08. The molecule has 0 bridgehead atoms. The molecule has 3 amide bonds. The van der Waals surface area contributed by atoms with Gasteiger partial charge in [-0.25, -0.2) is 20.2 Å². The monoisotopic (exact) mass is 648 g/mol. The minimum atomic E-state index is -0.864. The fourth-order valence-corrected chi connectivity index (χ4v) is 4.41. The van der Waals surface area contributed by atoms with Crippen LogP contribution in [0.5, 0.6) is 0 Å². The van der Waals surface area contributed by atoms with Crippen molar-refractivity contribution < 1.29 is 19.1 Å². The number of nitrogens with zero attached hydrogens (tertiary/aromatic N) is 3. The van der Waals surface area contributed by atoms with E-state index in [1.807, 2.05) is 0 Å². The van der Waals surface area contributed by atoms with E-state index in [4.69, 9.17) is 11.6 Å². The van der Waals surface area contributed by atoms with Crippen molar-refractivity contribution in [2.45, 2.75) is 0 Å². The lowest BCUT2D eigenvalue weighted by Crippen LogP contribution is -2.41. The second-order valence-corrected chi connectivity index (χ2v) is 8.89. The van der Waals surface area contributed by atoms with Crippen LogP contribution in [0, 0.1) is 0 Å². The molecule has 0 aliphatic heterocycles. The maximum atomic E-state index is 13.1. The van der Waals surface area contributed by atoms with Gasteiger partial charge < -0.3 is 10.1 Å². The van der Waals surface area contributed by atoms with Gasteiger partial charge in [-0.2, -0.15) is 0 Å². The van der Waals surface area contributed by atoms with Gasteiger partial charge in [0.25, 0.3) is 11.8 Å². The number of hydrogen-bond donors (Lipinski definition) is 3. The van der Waals surface area contributed by atoms with Crippen LogP contribution in [0.2, 0.25) is 5.02 Å². The van der Waals surface area contributed by atoms with Crippen LogP contribution >= 0.6 is 59.4 Å². The SMILES string of the molecule is COC(=O)NNC(=O)c1cc(Br)cc(Br)c1NC(=O)c1nc(Br)cn1-c1ncccc1Cl. The average Bonchev–Trinajstić information content (AvgIpc) is 3.15. The zero-order valence-corrected chi connectivity index (χ0v) is 21.5.